The maximum atomic E-state index is 4.88. The van der Waals surface area contributed by atoms with Crippen LogP contribution in [0.5, 0.6) is 0 Å². The molecule has 1 atom stereocenters. The highest BCUT2D eigenvalue weighted by molar-refractivity contribution is 5.43. The molecule has 1 aromatic rings. The third-order valence-electron chi connectivity index (χ3n) is 4.41. The Balaban J connectivity index is 2.17. The zero-order valence-electron chi connectivity index (χ0n) is 14.0. The molecule has 2 heterocycles. The van der Waals surface area contributed by atoms with E-state index in [2.05, 4.69) is 55.1 Å². The second-order valence-corrected chi connectivity index (χ2v) is 6.07. The van der Waals surface area contributed by atoms with E-state index in [9.17, 15) is 0 Å². The minimum absolute atomic E-state index is 0.573. The Bertz CT molecular complexity index is 446. The van der Waals surface area contributed by atoms with E-state index in [1.165, 1.54) is 24.9 Å². The van der Waals surface area contributed by atoms with Crippen LogP contribution in [-0.2, 0) is 6.54 Å². The molecule has 4 nitrogen and oxygen atoms in total. The van der Waals surface area contributed by atoms with E-state index in [4.69, 9.17) is 4.98 Å². The molecule has 0 radical (unpaired) electrons. The third kappa shape index (κ3) is 4.17. The lowest BCUT2D eigenvalue weighted by Gasteiger charge is -2.31. The molecule has 1 aliphatic heterocycles. The predicted octanol–water partition coefficient (Wildman–Crippen LogP) is 2.42. The molecule has 1 saturated heterocycles. The lowest BCUT2D eigenvalue weighted by atomic mass is 10.1. The Labute approximate surface area is 129 Å². The second-order valence-electron chi connectivity index (χ2n) is 6.07. The molecule has 0 saturated carbocycles. The number of pyridine rings is 1. The summed E-state index contributed by atoms with van der Waals surface area (Å²) in [6.45, 7) is 11.9. The first-order valence-electron chi connectivity index (χ1n) is 8.28. The van der Waals surface area contributed by atoms with E-state index in [0.717, 1.165) is 37.7 Å². The average molecular weight is 290 g/mol. The molecule has 1 aliphatic rings. The number of rotatable bonds is 5. The molecule has 1 unspecified atom stereocenters. The number of anilines is 1. The SMILES string of the molecule is CCNCc1ccc(N2CCCN(C)CC2CC)nc1C. The van der Waals surface area contributed by atoms with Crippen LogP contribution in [0.1, 0.15) is 37.9 Å². The van der Waals surface area contributed by atoms with Gasteiger partial charge in [-0.3, -0.25) is 0 Å². The minimum atomic E-state index is 0.573. The molecular formula is C17H30N4. The summed E-state index contributed by atoms with van der Waals surface area (Å²) < 4.78 is 0. The Morgan fingerprint density at radius 1 is 1.29 bits per heavy atom. The van der Waals surface area contributed by atoms with Crippen molar-refractivity contribution in [1.29, 1.82) is 0 Å². The molecule has 4 heteroatoms. The number of nitrogens with zero attached hydrogens (tertiary/aromatic N) is 3. The zero-order valence-corrected chi connectivity index (χ0v) is 14.0. The number of aromatic nitrogens is 1. The van der Waals surface area contributed by atoms with Crippen molar-refractivity contribution in [3.8, 4) is 0 Å². The molecule has 0 bridgehead atoms. The summed E-state index contributed by atoms with van der Waals surface area (Å²) in [7, 11) is 2.23. The second kappa shape index (κ2) is 7.76. The Hall–Kier alpha value is -1.13. The molecule has 21 heavy (non-hydrogen) atoms. The average Bonchev–Trinajstić information content (AvgIpc) is 2.67. The largest absolute Gasteiger partial charge is 0.352 e. The molecule has 1 aromatic heterocycles. The van der Waals surface area contributed by atoms with Gasteiger partial charge < -0.3 is 15.1 Å². The van der Waals surface area contributed by atoms with Crippen LogP contribution in [-0.4, -0.2) is 49.2 Å². The Kier molecular flexibility index (Phi) is 6.00. The first-order chi connectivity index (χ1) is 10.2. The van der Waals surface area contributed by atoms with E-state index >= 15 is 0 Å². The molecule has 118 valence electrons. The van der Waals surface area contributed by atoms with Crippen molar-refractivity contribution in [2.45, 2.75) is 46.2 Å². The number of aryl methyl sites for hydroxylation is 1. The summed E-state index contributed by atoms with van der Waals surface area (Å²) in [6, 6.07) is 5.01. The van der Waals surface area contributed by atoms with Crippen LogP contribution < -0.4 is 10.2 Å². The maximum Gasteiger partial charge on any atom is 0.129 e. The van der Waals surface area contributed by atoms with Crippen LogP contribution in [0.25, 0.3) is 0 Å². The van der Waals surface area contributed by atoms with Gasteiger partial charge in [-0.25, -0.2) is 4.98 Å². The van der Waals surface area contributed by atoms with Gasteiger partial charge in [0.2, 0.25) is 0 Å². The molecule has 1 N–H and O–H groups in total. The number of hydrogen-bond donors (Lipinski definition) is 1. The predicted molar refractivity (Wildman–Crippen MR) is 89.9 cm³/mol. The van der Waals surface area contributed by atoms with Crippen LogP contribution >= 0.6 is 0 Å². The van der Waals surface area contributed by atoms with Gasteiger partial charge in [-0.05, 0) is 51.5 Å². The van der Waals surface area contributed by atoms with Crippen molar-refractivity contribution >= 4 is 5.82 Å². The fourth-order valence-corrected chi connectivity index (χ4v) is 3.08. The van der Waals surface area contributed by atoms with Crippen LogP contribution in [0.3, 0.4) is 0 Å². The molecule has 0 aromatic carbocycles. The van der Waals surface area contributed by atoms with Crippen molar-refractivity contribution in [3.05, 3.63) is 23.4 Å². The minimum Gasteiger partial charge on any atom is -0.352 e. The van der Waals surface area contributed by atoms with Crippen LogP contribution in [0.2, 0.25) is 0 Å². The quantitative estimate of drug-likeness (QED) is 0.902. The molecule has 2 rings (SSSR count). The third-order valence-corrected chi connectivity index (χ3v) is 4.41. The van der Waals surface area contributed by atoms with Crippen molar-refractivity contribution < 1.29 is 0 Å². The normalized spacial score (nSPS) is 20.6. The maximum absolute atomic E-state index is 4.88. The topological polar surface area (TPSA) is 31.4 Å². The Morgan fingerprint density at radius 2 is 2.10 bits per heavy atom. The van der Waals surface area contributed by atoms with Gasteiger partial charge in [0.25, 0.3) is 0 Å². The number of hydrogen-bond acceptors (Lipinski definition) is 4. The fourth-order valence-electron chi connectivity index (χ4n) is 3.08. The summed E-state index contributed by atoms with van der Waals surface area (Å²) in [6.07, 6.45) is 2.39. The van der Waals surface area contributed by atoms with Crippen LogP contribution in [0.4, 0.5) is 5.82 Å². The highest BCUT2D eigenvalue weighted by Gasteiger charge is 2.23. The first-order valence-corrected chi connectivity index (χ1v) is 8.28. The van der Waals surface area contributed by atoms with Crippen LogP contribution in [0, 0.1) is 6.92 Å². The molecule has 0 amide bonds. The summed E-state index contributed by atoms with van der Waals surface area (Å²) in [4.78, 5) is 9.83. The molecule has 0 spiro atoms. The van der Waals surface area contributed by atoms with Crippen LogP contribution in [0.15, 0.2) is 12.1 Å². The van der Waals surface area contributed by atoms with Gasteiger partial charge in [0, 0.05) is 31.4 Å². The smallest absolute Gasteiger partial charge is 0.129 e. The zero-order chi connectivity index (χ0) is 15.2. The van der Waals surface area contributed by atoms with E-state index in [0.29, 0.717) is 6.04 Å². The summed E-state index contributed by atoms with van der Waals surface area (Å²) in [5.74, 6) is 1.15. The van der Waals surface area contributed by atoms with Crippen molar-refractivity contribution in [1.82, 2.24) is 15.2 Å². The lowest BCUT2D eigenvalue weighted by molar-refractivity contribution is 0.327. The summed E-state index contributed by atoms with van der Waals surface area (Å²) in [5, 5.41) is 3.38. The molecule has 0 aliphatic carbocycles. The summed E-state index contributed by atoms with van der Waals surface area (Å²) >= 11 is 0. The van der Waals surface area contributed by atoms with E-state index < -0.39 is 0 Å². The van der Waals surface area contributed by atoms with E-state index in [1.54, 1.807) is 0 Å². The highest BCUT2D eigenvalue weighted by Crippen LogP contribution is 2.21. The highest BCUT2D eigenvalue weighted by atomic mass is 15.3. The standard InChI is InChI=1S/C17H30N4/c1-5-16-13-20(4)10-7-11-21(16)17-9-8-15(12-18-6-2)14(3)19-17/h8-9,16,18H,5-7,10-13H2,1-4H3. The lowest BCUT2D eigenvalue weighted by Crippen LogP contribution is -2.40. The van der Waals surface area contributed by atoms with Gasteiger partial charge in [0.15, 0.2) is 0 Å². The number of nitrogens with one attached hydrogen (secondary N) is 1. The number of likely N-dealkylation sites (N-methyl/N-ethyl adjacent to an activating group) is 1. The van der Waals surface area contributed by atoms with E-state index in [1.807, 2.05) is 0 Å². The van der Waals surface area contributed by atoms with Gasteiger partial charge in [0.1, 0.15) is 5.82 Å². The Morgan fingerprint density at radius 3 is 2.76 bits per heavy atom. The van der Waals surface area contributed by atoms with Gasteiger partial charge in [-0.2, -0.15) is 0 Å². The van der Waals surface area contributed by atoms with Gasteiger partial charge >= 0.3 is 0 Å². The van der Waals surface area contributed by atoms with Gasteiger partial charge in [-0.1, -0.05) is 19.9 Å². The van der Waals surface area contributed by atoms with Crippen molar-refractivity contribution in [2.24, 2.45) is 0 Å². The van der Waals surface area contributed by atoms with Gasteiger partial charge in [0.05, 0.1) is 0 Å². The summed E-state index contributed by atoms with van der Waals surface area (Å²) in [5.41, 5.74) is 2.46. The van der Waals surface area contributed by atoms with E-state index in [-0.39, 0.29) is 0 Å². The van der Waals surface area contributed by atoms with Crippen molar-refractivity contribution in [3.63, 3.8) is 0 Å². The van der Waals surface area contributed by atoms with Gasteiger partial charge in [-0.15, -0.1) is 0 Å². The first kappa shape index (κ1) is 16.2. The monoisotopic (exact) mass is 290 g/mol. The van der Waals surface area contributed by atoms with Crippen molar-refractivity contribution in [2.75, 3.05) is 38.1 Å². The fraction of sp³-hybridized carbons (Fsp3) is 0.706. The molecule has 1 fully saturated rings. The molecular weight excluding hydrogens is 260 g/mol.